The minimum Gasteiger partial charge on any atom is -0.481 e. The highest BCUT2D eigenvalue weighted by Crippen LogP contribution is 2.24. The maximum absolute atomic E-state index is 13.7. The Kier molecular flexibility index (Phi) is 6.94. The predicted octanol–water partition coefficient (Wildman–Crippen LogP) is 4.72. The third-order valence-corrected chi connectivity index (χ3v) is 4.95. The van der Waals surface area contributed by atoms with E-state index in [2.05, 4.69) is 0 Å². The molecule has 4 nitrogen and oxygen atoms in total. The van der Waals surface area contributed by atoms with Crippen molar-refractivity contribution in [3.63, 3.8) is 0 Å². The summed E-state index contributed by atoms with van der Waals surface area (Å²) in [4.78, 5) is 14.4. The van der Waals surface area contributed by atoms with Crippen LogP contribution in [0.5, 0.6) is 5.75 Å². The topological polar surface area (TPSA) is 38.8 Å². The summed E-state index contributed by atoms with van der Waals surface area (Å²) in [6, 6.07) is 11.2. The fourth-order valence-electron chi connectivity index (χ4n) is 2.94. The van der Waals surface area contributed by atoms with Crippen molar-refractivity contribution in [3.8, 4) is 5.75 Å². The van der Waals surface area contributed by atoms with Gasteiger partial charge in [-0.3, -0.25) is 4.79 Å². The first kappa shape index (κ1) is 19.9. The number of carbonyl (C=O) groups excluding carboxylic acids is 1. The quantitative estimate of drug-likeness (QED) is 0.661. The van der Waals surface area contributed by atoms with E-state index in [1.807, 2.05) is 0 Å². The number of hydrogen-bond acceptors (Lipinski definition) is 3. The highest BCUT2D eigenvalue weighted by molar-refractivity contribution is 6.35. The van der Waals surface area contributed by atoms with Crippen molar-refractivity contribution in [1.29, 1.82) is 0 Å². The van der Waals surface area contributed by atoms with E-state index in [4.69, 9.17) is 32.7 Å². The van der Waals surface area contributed by atoms with Gasteiger partial charge in [-0.15, -0.1) is 0 Å². The molecule has 1 fully saturated rings. The molecule has 0 bridgehead atoms. The molecule has 0 aromatic heterocycles. The molecular formula is C20H20Cl2FNO3. The van der Waals surface area contributed by atoms with E-state index in [0.717, 1.165) is 18.4 Å². The fraction of sp³-hybridized carbons (Fsp3) is 0.350. The maximum Gasteiger partial charge on any atom is 0.260 e. The lowest BCUT2D eigenvalue weighted by atomic mass is 10.1. The standard InChI is InChI=1S/C20H20Cl2FNO3/c21-15-8-7-14(17(22)10-15)11-24(12-16-4-3-9-26-16)20(25)13-27-19-6-2-1-5-18(19)23/h1-2,5-8,10,16H,3-4,9,11-13H2/t16-/m0/s1. The molecule has 27 heavy (non-hydrogen) atoms. The van der Waals surface area contributed by atoms with Crippen LogP contribution in [0.2, 0.25) is 10.0 Å². The maximum atomic E-state index is 13.7. The summed E-state index contributed by atoms with van der Waals surface area (Å²) in [6.45, 7) is 1.16. The number of amides is 1. The van der Waals surface area contributed by atoms with Gasteiger partial charge in [0, 0.05) is 29.7 Å². The summed E-state index contributed by atoms with van der Waals surface area (Å²) in [5.74, 6) is -0.719. The Morgan fingerprint density at radius 1 is 1.26 bits per heavy atom. The number of halogens is 3. The van der Waals surface area contributed by atoms with Crippen molar-refractivity contribution in [2.24, 2.45) is 0 Å². The summed E-state index contributed by atoms with van der Waals surface area (Å²) >= 11 is 12.2. The average Bonchev–Trinajstić information content (AvgIpc) is 3.15. The molecule has 2 aromatic rings. The lowest BCUT2D eigenvalue weighted by molar-refractivity contribution is -0.135. The number of ether oxygens (including phenoxy) is 2. The number of carbonyl (C=O) groups is 1. The second-order valence-corrected chi connectivity index (χ2v) is 7.21. The molecule has 7 heteroatoms. The molecule has 1 aliphatic rings. The Bertz CT molecular complexity index is 797. The monoisotopic (exact) mass is 411 g/mol. The number of rotatable bonds is 7. The van der Waals surface area contributed by atoms with Crippen LogP contribution in [0.15, 0.2) is 42.5 Å². The lowest BCUT2D eigenvalue weighted by Crippen LogP contribution is -2.39. The molecule has 0 aliphatic carbocycles. The van der Waals surface area contributed by atoms with Gasteiger partial charge in [0.15, 0.2) is 18.2 Å². The number of benzene rings is 2. The van der Waals surface area contributed by atoms with Crippen molar-refractivity contribution in [2.75, 3.05) is 19.8 Å². The minimum atomic E-state index is -0.503. The van der Waals surface area contributed by atoms with Crippen LogP contribution in [-0.2, 0) is 16.1 Å². The van der Waals surface area contributed by atoms with Crippen molar-refractivity contribution in [1.82, 2.24) is 4.90 Å². The molecule has 144 valence electrons. The first-order valence-electron chi connectivity index (χ1n) is 8.73. The van der Waals surface area contributed by atoms with Crippen LogP contribution in [0.3, 0.4) is 0 Å². The van der Waals surface area contributed by atoms with E-state index in [-0.39, 0.29) is 24.4 Å². The first-order valence-corrected chi connectivity index (χ1v) is 9.49. The predicted molar refractivity (Wildman–Crippen MR) is 103 cm³/mol. The molecule has 3 rings (SSSR count). The molecule has 1 aliphatic heterocycles. The van der Waals surface area contributed by atoms with E-state index < -0.39 is 5.82 Å². The van der Waals surface area contributed by atoms with Crippen molar-refractivity contribution < 1.29 is 18.7 Å². The van der Waals surface area contributed by atoms with Crippen LogP contribution in [0.4, 0.5) is 4.39 Å². The minimum absolute atomic E-state index is 0.0199. The molecule has 1 atom stereocenters. The molecule has 1 amide bonds. The van der Waals surface area contributed by atoms with Gasteiger partial charge in [0.05, 0.1) is 6.10 Å². The molecule has 0 radical (unpaired) electrons. The van der Waals surface area contributed by atoms with Gasteiger partial charge in [0.1, 0.15) is 0 Å². The van der Waals surface area contributed by atoms with Crippen LogP contribution >= 0.6 is 23.2 Å². The van der Waals surface area contributed by atoms with Gasteiger partial charge in [-0.05, 0) is 42.7 Å². The third kappa shape index (κ3) is 5.58. The molecule has 1 heterocycles. The van der Waals surface area contributed by atoms with Crippen LogP contribution in [0.1, 0.15) is 18.4 Å². The molecule has 0 unspecified atom stereocenters. The van der Waals surface area contributed by atoms with Crippen LogP contribution in [0, 0.1) is 5.82 Å². The Morgan fingerprint density at radius 2 is 2.07 bits per heavy atom. The average molecular weight is 412 g/mol. The van der Waals surface area contributed by atoms with Crippen molar-refractivity contribution >= 4 is 29.1 Å². The summed E-state index contributed by atoms with van der Waals surface area (Å²) in [7, 11) is 0. The van der Waals surface area contributed by atoms with Gasteiger partial charge in [0.2, 0.25) is 0 Å². The lowest BCUT2D eigenvalue weighted by Gasteiger charge is -2.26. The van der Waals surface area contributed by atoms with E-state index in [1.54, 1.807) is 35.2 Å². The van der Waals surface area contributed by atoms with Crippen LogP contribution in [0.25, 0.3) is 0 Å². The van der Waals surface area contributed by atoms with E-state index in [1.165, 1.54) is 12.1 Å². The molecule has 2 aromatic carbocycles. The fourth-order valence-corrected chi connectivity index (χ4v) is 3.41. The van der Waals surface area contributed by atoms with Gasteiger partial charge in [0.25, 0.3) is 5.91 Å². The largest absolute Gasteiger partial charge is 0.481 e. The number of hydrogen-bond donors (Lipinski definition) is 0. The van der Waals surface area contributed by atoms with E-state index in [0.29, 0.717) is 29.7 Å². The molecule has 1 saturated heterocycles. The summed E-state index contributed by atoms with van der Waals surface area (Å²) in [6.07, 6.45) is 1.85. The Labute approximate surface area is 167 Å². The number of nitrogens with zero attached hydrogens (tertiary/aromatic N) is 1. The highest BCUT2D eigenvalue weighted by atomic mass is 35.5. The third-order valence-electron chi connectivity index (χ3n) is 4.36. The molecule has 0 N–H and O–H groups in total. The SMILES string of the molecule is O=C(COc1ccccc1F)N(Cc1ccc(Cl)cc1Cl)C[C@@H]1CCCO1. The Hall–Kier alpha value is -1.82. The summed E-state index contributed by atoms with van der Waals surface area (Å²) < 4.78 is 24.7. The Morgan fingerprint density at radius 3 is 2.78 bits per heavy atom. The second-order valence-electron chi connectivity index (χ2n) is 6.36. The smallest absolute Gasteiger partial charge is 0.260 e. The first-order chi connectivity index (χ1) is 13.0. The Balaban J connectivity index is 1.70. The summed E-state index contributed by atoms with van der Waals surface area (Å²) in [5, 5.41) is 1.02. The second kappa shape index (κ2) is 9.40. The van der Waals surface area contributed by atoms with Gasteiger partial charge < -0.3 is 14.4 Å². The molecule has 0 spiro atoms. The van der Waals surface area contributed by atoms with Gasteiger partial charge in [-0.2, -0.15) is 0 Å². The van der Waals surface area contributed by atoms with E-state index >= 15 is 0 Å². The normalized spacial score (nSPS) is 16.3. The molecule has 0 saturated carbocycles. The van der Waals surface area contributed by atoms with Gasteiger partial charge in [-0.25, -0.2) is 4.39 Å². The van der Waals surface area contributed by atoms with Crippen LogP contribution in [-0.4, -0.2) is 36.7 Å². The zero-order valence-corrected chi connectivity index (χ0v) is 16.2. The van der Waals surface area contributed by atoms with Gasteiger partial charge in [-0.1, -0.05) is 41.4 Å². The van der Waals surface area contributed by atoms with E-state index in [9.17, 15) is 9.18 Å². The number of para-hydroxylation sites is 1. The zero-order chi connectivity index (χ0) is 19.2. The van der Waals surface area contributed by atoms with Gasteiger partial charge >= 0.3 is 0 Å². The van der Waals surface area contributed by atoms with Crippen LogP contribution < -0.4 is 4.74 Å². The van der Waals surface area contributed by atoms with Crippen molar-refractivity contribution in [2.45, 2.75) is 25.5 Å². The van der Waals surface area contributed by atoms with Crippen molar-refractivity contribution in [3.05, 3.63) is 63.9 Å². The highest BCUT2D eigenvalue weighted by Gasteiger charge is 2.24. The molecular weight excluding hydrogens is 392 g/mol. The zero-order valence-electron chi connectivity index (χ0n) is 14.7. The summed E-state index contributed by atoms with van der Waals surface area (Å²) in [5.41, 5.74) is 0.776.